The SMILES string of the molecule is CNC1CCOCC1Cc1ccc(OC(F)(F)F)cc1. The predicted molar refractivity (Wildman–Crippen MR) is 68.6 cm³/mol. The van der Waals surface area contributed by atoms with Gasteiger partial charge in [0.1, 0.15) is 5.75 Å². The number of hydrogen-bond acceptors (Lipinski definition) is 3. The molecule has 0 radical (unpaired) electrons. The average molecular weight is 289 g/mol. The van der Waals surface area contributed by atoms with E-state index in [-0.39, 0.29) is 5.75 Å². The van der Waals surface area contributed by atoms with Crippen molar-refractivity contribution in [3.05, 3.63) is 29.8 Å². The first-order chi connectivity index (χ1) is 9.48. The minimum atomic E-state index is -4.64. The minimum Gasteiger partial charge on any atom is -0.406 e. The molecule has 1 aromatic carbocycles. The van der Waals surface area contributed by atoms with Gasteiger partial charge in [0.25, 0.3) is 0 Å². The number of nitrogens with one attached hydrogen (secondary N) is 1. The Labute approximate surface area is 116 Å². The number of hydrogen-bond donors (Lipinski definition) is 1. The van der Waals surface area contributed by atoms with E-state index in [0.29, 0.717) is 18.6 Å². The third kappa shape index (κ3) is 4.38. The van der Waals surface area contributed by atoms with Gasteiger partial charge in [0.2, 0.25) is 0 Å². The van der Waals surface area contributed by atoms with Crippen molar-refractivity contribution < 1.29 is 22.6 Å². The van der Waals surface area contributed by atoms with Crippen LogP contribution in [0.1, 0.15) is 12.0 Å². The summed E-state index contributed by atoms with van der Waals surface area (Å²) in [6.07, 6.45) is -2.91. The molecule has 0 aliphatic carbocycles. The van der Waals surface area contributed by atoms with E-state index < -0.39 is 6.36 Å². The zero-order chi connectivity index (χ0) is 14.6. The van der Waals surface area contributed by atoms with Crippen LogP contribution in [0.3, 0.4) is 0 Å². The van der Waals surface area contributed by atoms with Gasteiger partial charge in [0.05, 0.1) is 6.61 Å². The molecule has 112 valence electrons. The van der Waals surface area contributed by atoms with E-state index in [1.807, 2.05) is 7.05 Å². The smallest absolute Gasteiger partial charge is 0.406 e. The number of benzene rings is 1. The summed E-state index contributed by atoms with van der Waals surface area (Å²) < 4.78 is 45.5. The molecular formula is C14H18F3NO2. The summed E-state index contributed by atoms with van der Waals surface area (Å²) in [6.45, 7) is 1.42. The van der Waals surface area contributed by atoms with Gasteiger partial charge in [-0.3, -0.25) is 0 Å². The first kappa shape index (κ1) is 15.1. The lowest BCUT2D eigenvalue weighted by atomic mass is 9.89. The topological polar surface area (TPSA) is 30.5 Å². The fourth-order valence-corrected chi connectivity index (χ4v) is 2.51. The average Bonchev–Trinajstić information content (AvgIpc) is 2.40. The van der Waals surface area contributed by atoms with E-state index >= 15 is 0 Å². The van der Waals surface area contributed by atoms with E-state index in [9.17, 15) is 13.2 Å². The monoisotopic (exact) mass is 289 g/mol. The summed E-state index contributed by atoms with van der Waals surface area (Å²) in [4.78, 5) is 0. The van der Waals surface area contributed by atoms with Crippen molar-refractivity contribution in [3.8, 4) is 5.75 Å². The molecule has 0 aromatic heterocycles. The molecule has 2 atom stereocenters. The van der Waals surface area contributed by atoms with Crippen LogP contribution in [0.5, 0.6) is 5.75 Å². The van der Waals surface area contributed by atoms with Crippen LogP contribution in [-0.4, -0.2) is 32.7 Å². The van der Waals surface area contributed by atoms with Crippen LogP contribution >= 0.6 is 0 Å². The summed E-state index contributed by atoms with van der Waals surface area (Å²) in [7, 11) is 1.92. The minimum absolute atomic E-state index is 0.189. The predicted octanol–water partition coefficient (Wildman–Crippen LogP) is 2.75. The van der Waals surface area contributed by atoms with E-state index in [0.717, 1.165) is 25.0 Å². The summed E-state index contributed by atoms with van der Waals surface area (Å²) in [5, 5.41) is 3.26. The molecule has 2 rings (SSSR count). The lowest BCUT2D eigenvalue weighted by Crippen LogP contribution is -2.41. The van der Waals surface area contributed by atoms with Gasteiger partial charge < -0.3 is 14.8 Å². The van der Waals surface area contributed by atoms with Crippen LogP contribution in [0.4, 0.5) is 13.2 Å². The van der Waals surface area contributed by atoms with E-state index in [4.69, 9.17) is 4.74 Å². The number of alkyl halides is 3. The molecule has 0 amide bonds. The molecular weight excluding hydrogens is 271 g/mol. The second-order valence-electron chi connectivity index (χ2n) is 4.91. The normalized spacial score (nSPS) is 23.6. The number of rotatable bonds is 4. The maximum atomic E-state index is 12.1. The Morgan fingerprint density at radius 1 is 1.30 bits per heavy atom. The van der Waals surface area contributed by atoms with Crippen molar-refractivity contribution in [2.24, 2.45) is 5.92 Å². The van der Waals surface area contributed by atoms with Crippen LogP contribution in [0, 0.1) is 5.92 Å². The molecule has 1 heterocycles. The third-order valence-corrected chi connectivity index (χ3v) is 3.50. The Bertz CT molecular complexity index is 419. The van der Waals surface area contributed by atoms with Crippen LogP contribution in [0.15, 0.2) is 24.3 Å². The van der Waals surface area contributed by atoms with Gasteiger partial charge in [-0.15, -0.1) is 13.2 Å². The largest absolute Gasteiger partial charge is 0.573 e. The van der Waals surface area contributed by atoms with Gasteiger partial charge in [-0.1, -0.05) is 12.1 Å². The fourth-order valence-electron chi connectivity index (χ4n) is 2.51. The zero-order valence-corrected chi connectivity index (χ0v) is 11.2. The lowest BCUT2D eigenvalue weighted by Gasteiger charge is -2.31. The van der Waals surface area contributed by atoms with Gasteiger partial charge in [-0.25, -0.2) is 0 Å². The molecule has 20 heavy (non-hydrogen) atoms. The number of ether oxygens (including phenoxy) is 2. The van der Waals surface area contributed by atoms with Crippen molar-refractivity contribution in [2.75, 3.05) is 20.3 Å². The molecule has 0 saturated carbocycles. The van der Waals surface area contributed by atoms with Gasteiger partial charge in [-0.2, -0.15) is 0 Å². The van der Waals surface area contributed by atoms with Gasteiger partial charge >= 0.3 is 6.36 Å². The van der Waals surface area contributed by atoms with Gasteiger partial charge in [0.15, 0.2) is 0 Å². The first-order valence-electron chi connectivity index (χ1n) is 6.57. The van der Waals surface area contributed by atoms with Crippen molar-refractivity contribution in [3.63, 3.8) is 0 Å². The standard InChI is InChI=1S/C14H18F3NO2/c1-18-13-6-7-19-9-11(13)8-10-2-4-12(5-3-10)20-14(15,16)17/h2-5,11,13,18H,6-9H2,1H3. The number of halogens is 3. The summed E-state index contributed by atoms with van der Waals surface area (Å²) in [6, 6.07) is 6.42. The van der Waals surface area contributed by atoms with Gasteiger partial charge in [0, 0.05) is 18.6 Å². The van der Waals surface area contributed by atoms with E-state index in [2.05, 4.69) is 10.1 Å². The summed E-state index contributed by atoms with van der Waals surface area (Å²) in [5.41, 5.74) is 0.982. The molecule has 3 nitrogen and oxygen atoms in total. The zero-order valence-electron chi connectivity index (χ0n) is 11.2. The maximum Gasteiger partial charge on any atom is 0.573 e. The van der Waals surface area contributed by atoms with Crippen molar-refractivity contribution >= 4 is 0 Å². The first-order valence-corrected chi connectivity index (χ1v) is 6.57. The lowest BCUT2D eigenvalue weighted by molar-refractivity contribution is -0.274. The Morgan fingerprint density at radius 2 is 2.00 bits per heavy atom. The summed E-state index contributed by atoms with van der Waals surface area (Å²) >= 11 is 0. The van der Waals surface area contributed by atoms with Crippen LogP contribution in [-0.2, 0) is 11.2 Å². The highest BCUT2D eigenvalue weighted by Crippen LogP contribution is 2.25. The molecule has 1 aliphatic rings. The molecule has 1 aromatic rings. The highest BCUT2D eigenvalue weighted by Gasteiger charge is 2.31. The molecule has 0 bridgehead atoms. The highest BCUT2D eigenvalue weighted by molar-refractivity contribution is 5.27. The molecule has 1 saturated heterocycles. The molecule has 6 heteroatoms. The van der Waals surface area contributed by atoms with E-state index in [1.54, 1.807) is 12.1 Å². The second-order valence-corrected chi connectivity index (χ2v) is 4.91. The summed E-state index contributed by atoms with van der Waals surface area (Å²) in [5.74, 6) is 0.148. The van der Waals surface area contributed by atoms with Crippen LogP contribution in [0.2, 0.25) is 0 Å². The Morgan fingerprint density at radius 3 is 2.60 bits per heavy atom. The fraction of sp³-hybridized carbons (Fsp3) is 0.571. The van der Waals surface area contributed by atoms with Gasteiger partial charge in [-0.05, 0) is 37.6 Å². The quantitative estimate of drug-likeness (QED) is 0.924. The molecule has 1 fully saturated rings. The van der Waals surface area contributed by atoms with Crippen LogP contribution < -0.4 is 10.1 Å². The Kier molecular flexibility index (Phi) is 4.88. The highest BCUT2D eigenvalue weighted by atomic mass is 19.4. The Hall–Kier alpha value is -1.27. The van der Waals surface area contributed by atoms with Crippen molar-refractivity contribution in [1.29, 1.82) is 0 Å². The molecule has 0 spiro atoms. The molecule has 1 N–H and O–H groups in total. The third-order valence-electron chi connectivity index (χ3n) is 3.50. The molecule has 1 aliphatic heterocycles. The van der Waals surface area contributed by atoms with E-state index in [1.165, 1.54) is 12.1 Å². The maximum absolute atomic E-state index is 12.1. The van der Waals surface area contributed by atoms with Crippen molar-refractivity contribution in [2.45, 2.75) is 25.2 Å². The second kappa shape index (κ2) is 6.45. The van der Waals surface area contributed by atoms with Crippen molar-refractivity contribution in [1.82, 2.24) is 5.32 Å². The molecule has 2 unspecified atom stereocenters. The van der Waals surface area contributed by atoms with Crippen LogP contribution in [0.25, 0.3) is 0 Å². The Balaban J connectivity index is 1.96.